The maximum atomic E-state index is 15.5. The van der Waals surface area contributed by atoms with E-state index in [0.29, 0.717) is 36.4 Å². The van der Waals surface area contributed by atoms with Gasteiger partial charge in [0.2, 0.25) is 11.8 Å². The number of anilines is 1. The van der Waals surface area contributed by atoms with Crippen LogP contribution in [0.1, 0.15) is 66.9 Å². The van der Waals surface area contributed by atoms with Crippen molar-refractivity contribution in [2.45, 2.75) is 73.9 Å². The molecule has 2 unspecified atom stereocenters. The van der Waals surface area contributed by atoms with Crippen LogP contribution in [0.5, 0.6) is 5.75 Å². The summed E-state index contributed by atoms with van der Waals surface area (Å²) < 4.78 is 71.9. The van der Waals surface area contributed by atoms with Crippen LogP contribution in [0.3, 0.4) is 0 Å². The average molecular weight is 826 g/mol. The Labute approximate surface area is 338 Å². The maximum absolute atomic E-state index is 15.5. The normalized spacial score (nSPS) is 25.2. The highest BCUT2D eigenvalue weighted by atomic mass is 32.2. The molecule has 0 bridgehead atoms. The second-order valence-electron chi connectivity index (χ2n) is 16.1. The number of sulfone groups is 1. The number of piperazine rings is 1. The summed E-state index contributed by atoms with van der Waals surface area (Å²) in [5, 5.41) is -2.37. The highest BCUT2D eigenvalue weighted by molar-refractivity contribution is 7.93. The quantitative estimate of drug-likeness (QED) is 0.263. The lowest BCUT2D eigenvalue weighted by atomic mass is 9.68. The molecule has 57 heavy (non-hydrogen) atoms. The van der Waals surface area contributed by atoms with E-state index in [1.54, 1.807) is 31.4 Å². The number of ether oxygens (including phenoxy) is 2. The molecule has 2 aromatic carbocycles. The zero-order chi connectivity index (χ0) is 41.1. The van der Waals surface area contributed by atoms with Crippen molar-refractivity contribution in [1.29, 1.82) is 0 Å². The van der Waals surface area contributed by atoms with Gasteiger partial charge in [0.15, 0.2) is 9.84 Å². The number of carbonyl (C=O) groups excluding carboxylic acids is 2. The van der Waals surface area contributed by atoms with Crippen LogP contribution >= 0.6 is 0 Å². The van der Waals surface area contributed by atoms with Gasteiger partial charge in [-0.25, -0.2) is 8.42 Å². The lowest BCUT2D eigenvalue weighted by Gasteiger charge is -2.48. The largest absolute Gasteiger partial charge is 0.490 e. The molecule has 0 aromatic heterocycles. The summed E-state index contributed by atoms with van der Waals surface area (Å²) in [6.07, 6.45) is 9.81. The van der Waals surface area contributed by atoms with Crippen LogP contribution in [0.15, 0.2) is 67.3 Å². The number of nitrogens with zero attached hydrogens (tertiary/aromatic N) is 4. The van der Waals surface area contributed by atoms with E-state index in [2.05, 4.69) is 30.6 Å². The van der Waals surface area contributed by atoms with Gasteiger partial charge < -0.3 is 25.0 Å². The molecule has 312 valence electrons. The Hall–Kier alpha value is -3.76. The van der Waals surface area contributed by atoms with Crippen molar-refractivity contribution >= 4 is 37.5 Å². The van der Waals surface area contributed by atoms with Crippen LogP contribution in [0.2, 0.25) is 0 Å². The second-order valence-corrected chi connectivity index (χ2v) is 20.5. The minimum atomic E-state index is -4.25. The molecule has 15 heteroatoms. The van der Waals surface area contributed by atoms with E-state index in [0.717, 1.165) is 34.7 Å². The third-order valence-electron chi connectivity index (χ3n) is 12.6. The SMILES string of the molecule is C=CCC[C@@H](C(=O)N1CCN(S(=O)(=O)N(C)C)CC1)S(=O)(=O)C1CCc2ccccc2C12COc1ccc(C(N)=O)cc1N(C[C@@H]1CC[C@H]1[C@H](/C=C/CC)OC)C2. The summed E-state index contributed by atoms with van der Waals surface area (Å²) in [6, 6.07) is 13.1. The molecule has 1 spiro atoms. The molecule has 2 N–H and O–H groups in total. The highest BCUT2D eigenvalue weighted by Crippen LogP contribution is 2.49. The number of hydrogen-bond acceptors (Lipinski definition) is 9. The van der Waals surface area contributed by atoms with Gasteiger partial charge >= 0.3 is 0 Å². The van der Waals surface area contributed by atoms with Crippen molar-refractivity contribution in [2.75, 3.05) is 72.0 Å². The van der Waals surface area contributed by atoms with E-state index >= 15 is 8.42 Å². The third-order valence-corrected chi connectivity index (χ3v) is 17.3. The Bertz CT molecular complexity index is 2050. The highest BCUT2D eigenvalue weighted by Gasteiger charge is 2.56. The molecule has 2 aliphatic carbocycles. The number of rotatable bonds is 15. The molecule has 2 aliphatic heterocycles. The number of aryl methyl sites for hydroxylation is 1. The lowest BCUT2D eigenvalue weighted by Crippen LogP contribution is -2.61. The van der Waals surface area contributed by atoms with Crippen LogP contribution < -0.4 is 15.4 Å². The number of hydrogen-bond donors (Lipinski definition) is 1. The van der Waals surface area contributed by atoms with E-state index in [-0.39, 0.29) is 70.1 Å². The van der Waals surface area contributed by atoms with Crippen LogP contribution in [0, 0.1) is 11.8 Å². The van der Waals surface area contributed by atoms with Crippen molar-refractivity contribution in [3.05, 3.63) is 84.0 Å². The number of fused-ring (bicyclic) bond motifs is 3. The fourth-order valence-electron chi connectivity index (χ4n) is 9.35. The van der Waals surface area contributed by atoms with Crippen molar-refractivity contribution in [3.63, 3.8) is 0 Å². The Morgan fingerprint density at radius 3 is 2.44 bits per heavy atom. The van der Waals surface area contributed by atoms with Crippen LogP contribution in [0.25, 0.3) is 0 Å². The molecule has 0 radical (unpaired) electrons. The summed E-state index contributed by atoms with van der Waals surface area (Å²) in [5.74, 6) is -0.104. The van der Waals surface area contributed by atoms with E-state index < -0.39 is 47.8 Å². The summed E-state index contributed by atoms with van der Waals surface area (Å²) in [6.45, 7) is 7.09. The standard InChI is InChI=1S/C42H59N5O8S2/c1-6-8-14-36(54-5)33-19-16-32(33)27-46-28-42(29-55-37-20-17-31(40(43)48)26-35(37)46)34-13-11-10-12-30(34)18-21-39(42)56(50,51)38(15-9-7-2)41(49)45-22-24-47(25-23-45)57(52,53)44(3)4/h7-8,10-14,17,20,26,32-33,36,38-39H,2,6,9,15-16,18-19,21-25,27-29H2,1,3-5H3,(H2,43,48)/b14-8+/t32-,33+,36-,38-,39?,42?/m0/s1. The maximum Gasteiger partial charge on any atom is 0.281 e. The van der Waals surface area contributed by atoms with E-state index in [9.17, 15) is 18.0 Å². The molecule has 13 nitrogen and oxygen atoms in total. The fourth-order valence-corrected chi connectivity index (χ4v) is 13.1. The second kappa shape index (κ2) is 17.6. The molecule has 1 saturated heterocycles. The first-order valence-electron chi connectivity index (χ1n) is 20.1. The number of methoxy groups -OCH3 is 1. The minimum Gasteiger partial charge on any atom is -0.490 e. The van der Waals surface area contributed by atoms with Crippen molar-refractivity contribution < 1.29 is 35.9 Å². The summed E-state index contributed by atoms with van der Waals surface area (Å²) >= 11 is 0. The smallest absolute Gasteiger partial charge is 0.281 e. The third kappa shape index (κ3) is 8.41. The Morgan fingerprint density at radius 2 is 1.81 bits per heavy atom. The first-order valence-corrected chi connectivity index (χ1v) is 23.1. The monoisotopic (exact) mass is 825 g/mol. The molecule has 2 aromatic rings. The molecular formula is C42H59N5O8S2. The van der Waals surface area contributed by atoms with Crippen molar-refractivity contribution in [1.82, 2.24) is 13.5 Å². The van der Waals surface area contributed by atoms with Gasteiger partial charge in [0.25, 0.3) is 10.2 Å². The van der Waals surface area contributed by atoms with Gasteiger partial charge in [-0.1, -0.05) is 49.4 Å². The van der Waals surface area contributed by atoms with Gasteiger partial charge in [-0.2, -0.15) is 17.0 Å². The van der Waals surface area contributed by atoms with Gasteiger partial charge in [0.1, 0.15) is 17.6 Å². The van der Waals surface area contributed by atoms with Crippen molar-refractivity contribution in [2.24, 2.45) is 17.6 Å². The molecule has 1 saturated carbocycles. The molecule has 6 rings (SSSR count). The lowest BCUT2D eigenvalue weighted by molar-refractivity contribution is -0.132. The molecule has 2 amide bonds. The van der Waals surface area contributed by atoms with Crippen LogP contribution in [-0.2, 0) is 41.4 Å². The number of nitrogens with two attached hydrogens (primary N) is 1. The Morgan fingerprint density at radius 1 is 1.07 bits per heavy atom. The zero-order valence-electron chi connectivity index (χ0n) is 33.7. The molecule has 4 aliphatic rings. The number of allylic oxidation sites excluding steroid dienone is 2. The number of amides is 2. The minimum absolute atomic E-state index is 0.0325. The summed E-state index contributed by atoms with van der Waals surface area (Å²) in [7, 11) is -3.29. The van der Waals surface area contributed by atoms with Gasteiger partial charge in [0, 0.05) is 66.0 Å². The number of benzene rings is 2. The summed E-state index contributed by atoms with van der Waals surface area (Å²) in [4.78, 5) is 30.8. The topological polar surface area (TPSA) is 160 Å². The van der Waals surface area contributed by atoms with Gasteiger partial charge in [-0.15, -0.1) is 6.58 Å². The molecular weight excluding hydrogens is 767 g/mol. The molecule has 2 heterocycles. The average Bonchev–Trinajstić information content (AvgIpc) is 3.34. The number of primary amides is 1. The van der Waals surface area contributed by atoms with Gasteiger partial charge in [-0.3, -0.25) is 9.59 Å². The van der Waals surface area contributed by atoms with Crippen LogP contribution in [0.4, 0.5) is 5.69 Å². The van der Waals surface area contributed by atoms with E-state index in [1.165, 1.54) is 23.3 Å². The van der Waals surface area contributed by atoms with Gasteiger partial charge in [0.05, 0.1) is 22.5 Å². The molecule has 2 fully saturated rings. The van der Waals surface area contributed by atoms with E-state index in [1.807, 2.05) is 24.3 Å². The van der Waals surface area contributed by atoms with Crippen molar-refractivity contribution in [3.8, 4) is 5.75 Å². The van der Waals surface area contributed by atoms with Crippen LogP contribution in [-0.4, -0.2) is 126 Å². The first-order chi connectivity index (χ1) is 27.2. The molecule has 6 atom stereocenters. The predicted molar refractivity (Wildman–Crippen MR) is 222 cm³/mol. The zero-order valence-corrected chi connectivity index (χ0v) is 35.3. The fraction of sp³-hybridized carbons (Fsp3) is 0.571. The summed E-state index contributed by atoms with van der Waals surface area (Å²) in [5.41, 5.74) is 7.61. The van der Waals surface area contributed by atoms with Gasteiger partial charge in [-0.05, 0) is 86.1 Å². The Balaban J connectivity index is 1.41. The Kier molecular flexibility index (Phi) is 13.2. The van der Waals surface area contributed by atoms with E-state index in [4.69, 9.17) is 15.2 Å². The predicted octanol–water partition coefficient (Wildman–Crippen LogP) is 3.94. The number of carbonyl (C=O) groups is 2. The first kappa shape index (κ1) is 42.8.